The molecule has 1 N–H and O–H groups in total. The fourth-order valence-corrected chi connectivity index (χ4v) is 17.6. The van der Waals surface area contributed by atoms with E-state index in [9.17, 15) is 5.11 Å². The quantitative estimate of drug-likeness (QED) is 0.302. The molecule has 4 saturated carbocycles. The zero-order valence-corrected chi connectivity index (χ0v) is 27.4. The first-order valence-electron chi connectivity index (χ1n) is 15.7. The number of rotatable bonds is 8. The predicted octanol–water partition coefficient (Wildman–Crippen LogP) is 8.59. The monoisotopic (exact) mass is 616 g/mol. The van der Waals surface area contributed by atoms with Gasteiger partial charge in [0.25, 0.3) is 0 Å². The van der Waals surface area contributed by atoms with E-state index >= 15 is 0 Å². The zero-order chi connectivity index (χ0) is 27.7. The Balaban J connectivity index is 1.34. The zero-order valence-electron chi connectivity index (χ0n) is 24.8. The first kappa shape index (κ1) is 28.4. The summed E-state index contributed by atoms with van der Waals surface area (Å²) in [6.45, 7) is 15.2. The lowest BCUT2D eigenvalue weighted by Crippen LogP contribution is -2.58. The van der Waals surface area contributed by atoms with Crippen LogP contribution < -0.4 is 0 Å². The van der Waals surface area contributed by atoms with Crippen LogP contribution >= 0.6 is 15.9 Å². The molecule has 4 aliphatic carbocycles. The molecule has 2 aromatic rings. The van der Waals surface area contributed by atoms with E-state index in [0.717, 1.165) is 59.3 Å². The number of aliphatic hydroxyl groups is 1. The van der Waals surface area contributed by atoms with Gasteiger partial charge in [-0.15, -0.1) is 0 Å². The molecular formula is C32H49BrN2O3Si. The molecule has 0 aromatic carbocycles. The van der Waals surface area contributed by atoms with Crippen LogP contribution in [0.1, 0.15) is 105 Å². The van der Waals surface area contributed by atoms with Crippen molar-refractivity contribution in [2.24, 2.45) is 23.7 Å². The van der Waals surface area contributed by atoms with Crippen molar-refractivity contribution >= 4 is 35.2 Å². The molecule has 7 heteroatoms. The number of nitrogens with zero attached hydrogens (tertiary/aromatic N) is 2. The highest BCUT2D eigenvalue weighted by Crippen LogP contribution is 2.63. The molecule has 216 valence electrons. The fraction of sp³-hybridized carbons (Fsp3) is 0.781. The lowest BCUT2D eigenvalue weighted by atomic mass is 9.48. The number of hydrogen-bond donors (Lipinski definition) is 1. The maximum atomic E-state index is 12.3. The third-order valence-corrected chi connectivity index (χ3v) is 18.7. The van der Waals surface area contributed by atoms with Crippen LogP contribution in [0.15, 0.2) is 22.9 Å². The fourth-order valence-electron chi connectivity index (χ4n) is 10.5. The van der Waals surface area contributed by atoms with Crippen molar-refractivity contribution < 1.29 is 14.6 Å². The summed E-state index contributed by atoms with van der Waals surface area (Å²) in [6, 6.07) is 2.25. The molecule has 5 fully saturated rings. The van der Waals surface area contributed by atoms with Gasteiger partial charge in [-0.25, -0.2) is 4.98 Å². The van der Waals surface area contributed by atoms with Crippen molar-refractivity contribution in [1.29, 1.82) is 0 Å². The van der Waals surface area contributed by atoms with Gasteiger partial charge in [0.2, 0.25) is 0 Å². The Hall–Kier alpha value is -0.733. The lowest BCUT2D eigenvalue weighted by molar-refractivity contribution is -0.277. The maximum absolute atomic E-state index is 12.3. The minimum absolute atomic E-state index is 0.0283. The van der Waals surface area contributed by atoms with Crippen molar-refractivity contribution in [3.8, 4) is 0 Å². The SMILES string of the molecule is CC(C)[Si](C(C)C)(C(C)C)n1ccc2c(C(O)C3C4CC5C[C@@H]3CC(OC3CCCCO3)(C5)C4)c(Br)cnc21. The maximum Gasteiger partial charge on any atom is 0.171 e. The van der Waals surface area contributed by atoms with Gasteiger partial charge in [-0.3, -0.25) is 0 Å². The molecular weight excluding hydrogens is 568 g/mol. The van der Waals surface area contributed by atoms with E-state index < -0.39 is 14.3 Å². The van der Waals surface area contributed by atoms with Gasteiger partial charge in [0.05, 0.1) is 11.7 Å². The van der Waals surface area contributed by atoms with Crippen molar-refractivity contribution in [1.82, 2.24) is 9.22 Å². The summed E-state index contributed by atoms with van der Waals surface area (Å²) in [4.78, 5) is 5.02. The van der Waals surface area contributed by atoms with Gasteiger partial charge in [0.1, 0.15) is 5.65 Å². The van der Waals surface area contributed by atoms with Gasteiger partial charge in [-0.2, -0.15) is 0 Å². The normalized spacial score (nSPS) is 33.7. The second-order valence-electron chi connectivity index (χ2n) is 14.4. The summed E-state index contributed by atoms with van der Waals surface area (Å²) >= 11 is 3.85. The Kier molecular flexibility index (Phi) is 7.66. The summed E-state index contributed by atoms with van der Waals surface area (Å²) in [5.41, 5.74) is 3.83. The first-order chi connectivity index (χ1) is 18.6. The Morgan fingerprint density at radius 2 is 1.72 bits per heavy atom. The molecule has 5 nitrogen and oxygen atoms in total. The van der Waals surface area contributed by atoms with Gasteiger partial charge in [0, 0.05) is 28.2 Å². The van der Waals surface area contributed by atoms with Gasteiger partial charge in [-0.1, -0.05) is 41.5 Å². The van der Waals surface area contributed by atoms with Crippen LogP contribution in [0.25, 0.3) is 11.0 Å². The summed E-state index contributed by atoms with van der Waals surface area (Å²) in [5, 5.41) is 13.4. The molecule has 0 spiro atoms. The number of fused-ring (bicyclic) bond motifs is 1. The molecule has 1 saturated heterocycles. The highest BCUT2D eigenvalue weighted by Gasteiger charge is 2.58. The van der Waals surface area contributed by atoms with Crippen molar-refractivity contribution in [3.05, 3.63) is 28.5 Å². The van der Waals surface area contributed by atoms with Crippen LogP contribution in [0, 0.1) is 23.7 Å². The number of aliphatic hydroxyl groups excluding tert-OH is 1. The van der Waals surface area contributed by atoms with E-state index in [4.69, 9.17) is 14.5 Å². The molecule has 2 aromatic heterocycles. The molecule has 3 heterocycles. The lowest BCUT2D eigenvalue weighted by Gasteiger charge is -2.61. The van der Waals surface area contributed by atoms with Crippen molar-refractivity contribution in [3.63, 3.8) is 0 Å². The molecule has 7 atom stereocenters. The summed E-state index contributed by atoms with van der Waals surface area (Å²) in [5.74, 6) is 2.01. The second kappa shape index (κ2) is 10.5. The molecule has 0 radical (unpaired) electrons. The smallest absolute Gasteiger partial charge is 0.171 e. The van der Waals surface area contributed by atoms with Gasteiger partial charge in [-0.05, 0) is 120 Å². The largest absolute Gasteiger partial charge is 0.388 e. The summed E-state index contributed by atoms with van der Waals surface area (Å²) in [6.07, 6.45) is 12.9. The molecule has 1 aliphatic heterocycles. The average molecular weight is 618 g/mol. The Morgan fingerprint density at radius 1 is 1.05 bits per heavy atom. The van der Waals surface area contributed by atoms with E-state index in [-0.39, 0.29) is 17.8 Å². The number of hydrogen-bond acceptors (Lipinski definition) is 4. The molecule has 4 bridgehead atoms. The summed E-state index contributed by atoms with van der Waals surface area (Å²) < 4.78 is 16.4. The van der Waals surface area contributed by atoms with Crippen LogP contribution in [0.4, 0.5) is 0 Å². The number of ether oxygens (including phenoxy) is 2. The Labute approximate surface area is 244 Å². The number of halogens is 1. The number of pyridine rings is 1. The average Bonchev–Trinajstić information content (AvgIpc) is 3.27. The first-order valence-corrected chi connectivity index (χ1v) is 18.7. The van der Waals surface area contributed by atoms with Gasteiger partial charge in [0.15, 0.2) is 14.5 Å². The van der Waals surface area contributed by atoms with Gasteiger partial charge >= 0.3 is 0 Å². The van der Waals surface area contributed by atoms with Gasteiger partial charge < -0.3 is 18.8 Å². The molecule has 5 aliphatic rings. The standard InChI is InChI=1S/C32H49BrN2O3Si/c1-19(2)39(20(3)4,21(5)6)35-11-10-25-29(26(33)18-34-31(25)35)30(36)28-23-13-22-14-24(28)17-32(15-22,16-23)38-27-9-7-8-12-37-27/h10-11,18-24,27-28,30,36H,7-9,12-17H2,1-6H3/t22?,23-,24?,27?,28?,30?,32?/m1/s1. The highest BCUT2D eigenvalue weighted by molar-refractivity contribution is 9.10. The topological polar surface area (TPSA) is 56.5 Å². The van der Waals surface area contributed by atoms with Crippen LogP contribution in [-0.4, -0.2) is 41.1 Å². The minimum atomic E-state index is -1.96. The third kappa shape index (κ3) is 4.52. The molecule has 39 heavy (non-hydrogen) atoms. The Bertz CT molecular complexity index is 1150. The van der Waals surface area contributed by atoms with E-state index in [1.54, 1.807) is 0 Å². The summed E-state index contributed by atoms with van der Waals surface area (Å²) in [7, 11) is -1.96. The van der Waals surface area contributed by atoms with Crippen molar-refractivity contribution in [2.45, 2.75) is 128 Å². The Morgan fingerprint density at radius 3 is 2.31 bits per heavy atom. The van der Waals surface area contributed by atoms with Crippen molar-refractivity contribution in [2.75, 3.05) is 6.61 Å². The van der Waals surface area contributed by atoms with E-state index in [2.05, 4.69) is 74.0 Å². The van der Waals surface area contributed by atoms with E-state index in [0.29, 0.717) is 28.5 Å². The van der Waals surface area contributed by atoms with Crippen LogP contribution in [0.5, 0.6) is 0 Å². The number of aromatic nitrogens is 2. The molecule has 0 amide bonds. The van der Waals surface area contributed by atoms with E-state index in [1.807, 2.05) is 6.20 Å². The van der Waals surface area contributed by atoms with Crippen LogP contribution in [-0.2, 0) is 9.47 Å². The molecule has 6 unspecified atom stereocenters. The third-order valence-electron chi connectivity index (χ3n) is 11.4. The molecule has 7 rings (SSSR count). The van der Waals surface area contributed by atoms with Crippen LogP contribution in [0.2, 0.25) is 16.6 Å². The predicted molar refractivity (Wildman–Crippen MR) is 163 cm³/mol. The highest BCUT2D eigenvalue weighted by atomic mass is 79.9. The minimum Gasteiger partial charge on any atom is -0.388 e. The van der Waals surface area contributed by atoms with E-state index in [1.165, 1.54) is 25.7 Å². The second-order valence-corrected chi connectivity index (χ2v) is 21.0. The van der Waals surface area contributed by atoms with Crippen LogP contribution in [0.3, 0.4) is 0 Å².